The quantitative estimate of drug-likeness (QED) is 0.690. The third kappa shape index (κ3) is 4.81. The molecule has 0 aromatic heterocycles. The molecule has 1 N–H and O–H groups in total. The fourth-order valence-corrected chi connectivity index (χ4v) is 2.57. The van der Waals surface area contributed by atoms with Crippen LogP contribution < -0.4 is 5.32 Å². The first-order valence-electron chi connectivity index (χ1n) is 7.34. The van der Waals surface area contributed by atoms with Gasteiger partial charge in [0.15, 0.2) is 0 Å². The molecule has 0 amide bonds. The van der Waals surface area contributed by atoms with Crippen LogP contribution in [0.15, 0.2) is 12.1 Å². The van der Waals surface area contributed by atoms with Gasteiger partial charge in [0, 0.05) is 12.6 Å². The molecule has 0 radical (unpaired) electrons. The van der Waals surface area contributed by atoms with Gasteiger partial charge in [-0.25, -0.2) is 0 Å². The first-order valence-corrected chi connectivity index (χ1v) is 7.34. The molecule has 0 heterocycles. The van der Waals surface area contributed by atoms with E-state index in [1.165, 1.54) is 47.9 Å². The lowest BCUT2D eigenvalue weighted by atomic mass is 9.99. The molecule has 102 valence electrons. The Hall–Kier alpha value is -0.820. The van der Waals surface area contributed by atoms with Crippen LogP contribution in [-0.2, 0) is 6.54 Å². The van der Waals surface area contributed by atoms with E-state index >= 15 is 0 Å². The highest BCUT2D eigenvalue weighted by atomic mass is 14.9. The summed E-state index contributed by atoms with van der Waals surface area (Å²) in [6.07, 6.45) is 5.30. The van der Waals surface area contributed by atoms with Gasteiger partial charge in [0.1, 0.15) is 0 Å². The van der Waals surface area contributed by atoms with Crippen molar-refractivity contribution in [2.45, 2.75) is 72.9 Å². The SMILES string of the molecule is CCCCC[C@@H](C)NCc1c(C)cc(C)cc1C. The fourth-order valence-electron chi connectivity index (χ4n) is 2.57. The van der Waals surface area contributed by atoms with Gasteiger partial charge in [0.05, 0.1) is 0 Å². The molecule has 0 saturated carbocycles. The summed E-state index contributed by atoms with van der Waals surface area (Å²) < 4.78 is 0. The lowest BCUT2D eigenvalue weighted by molar-refractivity contribution is 0.486. The Labute approximate surface area is 113 Å². The van der Waals surface area contributed by atoms with Gasteiger partial charge in [0.25, 0.3) is 0 Å². The molecular formula is C17H29N. The van der Waals surface area contributed by atoms with Crippen LogP contribution in [0.1, 0.15) is 61.8 Å². The van der Waals surface area contributed by atoms with Crippen molar-refractivity contribution < 1.29 is 0 Å². The molecule has 0 bridgehead atoms. The highest BCUT2D eigenvalue weighted by Gasteiger charge is 2.06. The van der Waals surface area contributed by atoms with E-state index in [-0.39, 0.29) is 0 Å². The van der Waals surface area contributed by atoms with E-state index in [4.69, 9.17) is 0 Å². The maximum Gasteiger partial charge on any atom is 0.0213 e. The van der Waals surface area contributed by atoms with Crippen molar-refractivity contribution in [1.82, 2.24) is 5.32 Å². The number of rotatable bonds is 7. The summed E-state index contributed by atoms with van der Waals surface area (Å²) in [6.45, 7) is 12.2. The molecular weight excluding hydrogens is 218 g/mol. The number of nitrogens with one attached hydrogen (secondary N) is 1. The average molecular weight is 247 g/mol. The van der Waals surface area contributed by atoms with Crippen LogP contribution >= 0.6 is 0 Å². The van der Waals surface area contributed by atoms with Crippen molar-refractivity contribution in [3.05, 3.63) is 34.4 Å². The molecule has 1 aromatic carbocycles. The van der Waals surface area contributed by atoms with Gasteiger partial charge >= 0.3 is 0 Å². The largest absolute Gasteiger partial charge is 0.310 e. The van der Waals surface area contributed by atoms with Crippen LogP contribution in [0.4, 0.5) is 0 Å². The Kier molecular flexibility index (Phi) is 6.42. The van der Waals surface area contributed by atoms with Crippen LogP contribution in [0.5, 0.6) is 0 Å². The summed E-state index contributed by atoms with van der Waals surface area (Å²) >= 11 is 0. The molecule has 0 aliphatic heterocycles. The second kappa shape index (κ2) is 7.58. The van der Waals surface area contributed by atoms with Gasteiger partial charge in [-0.05, 0) is 50.8 Å². The Morgan fingerprint density at radius 2 is 1.67 bits per heavy atom. The van der Waals surface area contributed by atoms with E-state index in [0.717, 1.165) is 6.54 Å². The predicted octanol–water partition coefficient (Wildman–Crippen LogP) is 4.67. The minimum Gasteiger partial charge on any atom is -0.310 e. The van der Waals surface area contributed by atoms with E-state index in [1.54, 1.807) is 0 Å². The Bertz CT molecular complexity index is 345. The Balaban J connectivity index is 2.48. The number of benzene rings is 1. The molecule has 0 saturated heterocycles. The van der Waals surface area contributed by atoms with Crippen LogP contribution in [0.25, 0.3) is 0 Å². The predicted molar refractivity (Wildman–Crippen MR) is 81.1 cm³/mol. The molecule has 0 spiro atoms. The monoisotopic (exact) mass is 247 g/mol. The third-order valence-corrected chi connectivity index (χ3v) is 3.71. The second-order valence-corrected chi connectivity index (χ2v) is 5.66. The van der Waals surface area contributed by atoms with E-state index in [0.29, 0.717) is 6.04 Å². The molecule has 1 heteroatoms. The molecule has 0 unspecified atom stereocenters. The van der Waals surface area contributed by atoms with Gasteiger partial charge in [-0.2, -0.15) is 0 Å². The lowest BCUT2D eigenvalue weighted by Gasteiger charge is -2.17. The average Bonchev–Trinajstić information content (AvgIpc) is 2.27. The molecule has 1 nitrogen and oxygen atoms in total. The zero-order valence-electron chi connectivity index (χ0n) is 12.8. The standard InChI is InChI=1S/C17H29N/c1-6-7-8-9-16(5)18-12-17-14(3)10-13(2)11-15(17)4/h10-11,16,18H,6-9,12H2,1-5H3/t16-/m1/s1. The highest BCUT2D eigenvalue weighted by Crippen LogP contribution is 2.16. The summed E-state index contributed by atoms with van der Waals surface area (Å²) in [6, 6.07) is 5.19. The minimum absolute atomic E-state index is 0.622. The Morgan fingerprint density at radius 1 is 1.06 bits per heavy atom. The van der Waals surface area contributed by atoms with E-state index < -0.39 is 0 Å². The number of hydrogen-bond donors (Lipinski definition) is 1. The van der Waals surface area contributed by atoms with E-state index in [9.17, 15) is 0 Å². The van der Waals surface area contributed by atoms with Crippen molar-refractivity contribution in [3.8, 4) is 0 Å². The van der Waals surface area contributed by atoms with E-state index in [2.05, 4.69) is 52.1 Å². The van der Waals surface area contributed by atoms with Crippen LogP contribution in [0.2, 0.25) is 0 Å². The summed E-state index contributed by atoms with van der Waals surface area (Å²) in [5.74, 6) is 0. The third-order valence-electron chi connectivity index (χ3n) is 3.71. The summed E-state index contributed by atoms with van der Waals surface area (Å²) in [5.41, 5.74) is 5.68. The summed E-state index contributed by atoms with van der Waals surface area (Å²) in [5, 5.41) is 3.66. The Morgan fingerprint density at radius 3 is 2.22 bits per heavy atom. The number of hydrogen-bond acceptors (Lipinski definition) is 1. The first-order chi connectivity index (χ1) is 8.54. The highest BCUT2D eigenvalue weighted by molar-refractivity contribution is 5.37. The molecule has 1 aromatic rings. The zero-order valence-corrected chi connectivity index (χ0v) is 12.8. The topological polar surface area (TPSA) is 12.0 Å². The van der Waals surface area contributed by atoms with Crippen LogP contribution in [0.3, 0.4) is 0 Å². The lowest BCUT2D eigenvalue weighted by Crippen LogP contribution is -2.26. The van der Waals surface area contributed by atoms with Gasteiger partial charge in [-0.15, -0.1) is 0 Å². The van der Waals surface area contributed by atoms with Crippen molar-refractivity contribution in [2.75, 3.05) is 0 Å². The van der Waals surface area contributed by atoms with Gasteiger partial charge in [0.2, 0.25) is 0 Å². The van der Waals surface area contributed by atoms with Crippen LogP contribution in [-0.4, -0.2) is 6.04 Å². The zero-order chi connectivity index (χ0) is 13.5. The number of aryl methyl sites for hydroxylation is 3. The van der Waals surface area contributed by atoms with Gasteiger partial charge < -0.3 is 5.32 Å². The van der Waals surface area contributed by atoms with Crippen molar-refractivity contribution in [1.29, 1.82) is 0 Å². The van der Waals surface area contributed by atoms with Crippen LogP contribution in [0, 0.1) is 20.8 Å². The number of unbranched alkanes of at least 4 members (excludes halogenated alkanes) is 2. The molecule has 0 fully saturated rings. The smallest absolute Gasteiger partial charge is 0.0213 e. The van der Waals surface area contributed by atoms with Crippen molar-refractivity contribution in [3.63, 3.8) is 0 Å². The molecule has 0 aliphatic carbocycles. The minimum atomic E-state index is 0.622. The molecule has 18 heavy (non-hydrogen) atoms. The second-order valence-electron chi connectivity index (χ2n) is 5.66. The molecule has 1 atom stereocenters. The normalized spacial score (nSPS) is 12.7. The first kappa shape index (κ1) is 15.2. The van der Waals surface area contributed by atoms with E-state index in [1.807, 2.05) is 0 Å². The molecule has 0 aliphatic rings. The van der Waals surface area contributed by atoms with Crippen molar-refractivity contribution >= 4 is 0 Å². The maximum absolute atomic E-state index is 3.66. The van der Waals surface area contributed by atoms with Crippen molar-refractivity contribution in [2.24, 2.45) is 0 Å². The summed E-state index contributed by atoms with van der Waals surface area (Å²) in [4.78, 5) is 0. The molecule has 1 rings (SSSR count). The maximum atomic E-state index is 3.66. The fraction of sp³-hybridized carbons (Fsp3) is 0.647. The summed E-state index contributed by atoms with van der Waals surface area (Å²) in [7, 11) is 0. The van der Waals surface area contributed by atoms with Gasteiger partial charge in [-0.3, -0.25) is 0 Å². The van der Waals surface area contributed by atoms with Gasteiger partial charge in [-0.1, -0.05) is 43.9 Å².